The van der Waals surface area contributed by atoms with E-state index in [0.29, 0.717) is 23.5 Å². The molecule has 112 valence electrons. The van der Waals surface area contributed by atoms with E-state index in [-0.39, 0.29) is 6.03 Å². The van der Waals surface area contributed by atoms with Crippen LogP contribution in [0.25, 0.3) is 0 Å². The van der Waals surface area contributed by atoms with E-state index in [1.165, 1.54) is 12.0 Å². The summed E-state index contributed by atoms with van der Waals surface area (Å²) in [5, 5.41) is 2.84. The van der Waals surface area contributed by atoms with Gasteiger partial charge in [-0.2, -0.15) is 0 Å². The molecule has 0 fully saturated rings. The number of allylic oxidation sites excluding steroid dienone is 1. The molecule has 1 aliphatic rings. The van der Waals surface area contributed by atoms with Gasteiger partial charge in [0, 0.05) is 17.9 Å². The van der Waals surface area contributed by atoms with Crippen molar-refractivity contribution in [1.82, 2.24) is 10.2 Å². The second-order valence-electron chi connectivity index (χ2n) is 4.78. The van der Waals surface area contributed by atoms with Crippen molar-refractivity contribution in [3.05, 3.63) is 41.1 Å². The van der Waals surface area contributed by atoms with Crippen LogP contribution in [-0.2, 0) is 9.53 Å². The first kappa shape index (κ1) is 14.9. The maximum atomic E-state index is 12.1. The van der Waals surface area contributed by atoms with Crippen molar-refractivity contribution in [2.24, 2.45) is 0 Å². The lowest BCUT2D eigenvalue weighted by atomic mass is 9.95. The Bertz CT molecular complexity index is 593. The largest absolute Gasteiger partial charge is 0.466 e. The molecule has 0 saturated heterocycles. The number of hydrogen-bond acceptors (Lipinski definition) is 4. The lowest BCUT2D eigenvalue weighted by Crippen LogP contribution is -2.47. The fraction of sp³-hybridized carbons (Fsp3) is 0.333. The Morgan fingerprint density at radius 2 is 2.00 bits per heavy atom. The molecular weight excluding hydrogens is 270 g/mol. The maximum Gasteiger partial charge on any atom is 0.337 e. The third-order valence-electron chi connectivity index (χ3n) is 3.59. The van der Waals surface area contributed by atoms with Gasteiger partial charge in [0.2, 0.25) is 0 Å². The molecule has 21 heavy (non-hydrogen) atoms. The number of carbonyl (C=O) groups excluding carboxylic acids is 2. The van der Waals surface area contributed by atoms with Crippen LogP contribution in [0.4, 0.5) is 10.5 Å². The Kier molecular flexibility index (Phi) is 4.16. The van der Waals surface area contributed by atoms with E-state index >= 15 is 0 Å². The van der Waals surface area contributed by atoms with E-state index in [4.69, 9.17) is 10.5 Å². The summed E-state index contributed by atoms with van der Waals surface area (Å²) >= 11 is 0. The summed E-state index contributed by atoms with van der Waals surface area (Å²) in [7, 11) is 1.33. The second kappa shape index (κ2) is 5.87. The van der Waals surface area contributed by atoms with Gasteiger partial charge in [0.05, 0.1) is 18.7 Å². The van der Waals surface area contributed by atoms with Crippen LogP contribution >= 0.6 is 0 Å². The minimum absolute atomic E-state index is 0.232. The van der Waals surface area contributed by atoms with Crippen LogP contribution in [0.15, 0.2) is 35.5 Å². The Morgan fingerprint density at radius 3 is 2.52 bits per heavy atom. The molecule has 6 nitrogen and oxygen atoms in total. The smallest absolute Gasteiger partial charge is 0.337 e. The molecule has 2 amide bonds. The zero-order valence-electron chi connectivity index (χ0n) is 12.3. The molecule has 0 aliphatic carbocycles. The molecular formula is C15H19N3O3. The average molecular weight is 289 g/mol. The van der Waals surface area contributed by atoms with Crippen LogP contribution in [0.2, 0.25) is 0 Å². The van der Waals surface area contributed by atoms with Crippen LogP contribution in [0.3, 0.4) is 0 Å². The fourth-order valence-corrected chi connectivity index (χ4v) is 2.47. The highest BCUT2D eigenvalue weighted by Crippen LogP contribution is 2.31. The zero-order valence-corrected chi connectivity index (χ0v) is 12.3. The summed E-state index contributed by atoms with van der Waals surface area (Å²) in [5.41, 5.74) is 8.12. The molecule has 1 aromatic carbocycles. The van der Waals surface area contributed by atoms with Crippen molar-refractivity contribution in [3.8, 4) is 0 Å². The summed E-state index contributed by atoms with van der Waals surface area (Å²) < 4.78 is 4.86. The summed E-state index contributed by atoms with van der Waals surface area (Å²) in [5.74, 6) is -0.451. The Hall–Kier alpha value is -2.50. The van der Waals surface area contributed by atoms with E-state index in [0.717, 1.165) is 5.56 Å². The van der Waals surface area contributed by atoms with E-state index in [1.54, 1.807) is 31.2 Å². The van der Waals surface area contributed by atoms with Crippen LogP contribution in [0, 0.1) is 0 Å². The van der Waals surface area contributed by atoms with Gasteiger partial charge in [0.15, 0.2) is 0 Å². The number of urea groups is 1. The van der Waals surface area contributed by atoms with Crippen LogP contribution in [0.1, 0.15) is 25.5 Å². The number of rotatable bonds is 3. The van der Waals surface area contributed by atoms with Gasteiger partial charge in [-0.3, -0.25) is 4.90 Å². The van der Waals surface area contributed by atoms with Crippen molar-refractivity contribution in [3.63, 3.8) is 0 Å². The summed E-state index contributed by atoms with van der Waals surface area (Å²) in [6, 6.07) is 6.28. The number of benzene rings is 1. The predicted molar refractivity (Wildman–Crippen MR) is 79.2 cm³/mol. The number of methoxy groups -OCH3 is 1. The van der Waals surface area contributed by atoms with Crippen molar-refractivity contribution in [2.75, 3.05) is 19.4 Å². The monoisotopic (exact) mass is 289 g/mol. The molecule has 6 heteroatoms. The zero-order chi connectivity index (χ0) is 15.6. The molecule has 0 spiro atoms. The number of nitrogens with one attached hydrogen (secondary N) is 1. The molecule has 1 atom stereocenters. The number of esters is 1. The number of carbonyl (C=O) groups is 2. The summed E-state index contributed by atoms with van der Waals surface area (Å²) in [6.45, 7) is 4.08. The number of anilines is 1. The van der Waals surface area contributed by atoms with E-state index in [2.05, 4.69) is 5.32 Å². The molecule has 1 aromatic rings. The number of nitrogens with zero attached hydrogens (tertiary/aromatic N) is 1. The first-order chi connectivity index (χ1) is 9.99. The molecule has 1 aliphatic heterocycles. The van der Waals surface area contributed by atoms with Crippen molar-refractivity contribution >= 4 is 17.7 Å². The van der Waals surface area contributed by atoms with E-state index < -0.39 is 12.0 Å². The molecule has 0 radical (unpaired) electrons. The molecule has 0 bridgehead atoms. The summed E-state index contributed by atoms with van der Waals surface area (Å²) in [4.78, 5) is 25.8. The van der Waals surface area contributed by atoms with E-state index in [1.807, 2.05) is 6.92 Å². The standard InChI is InChI=1S/C15H19N3O3/c1-4-18-9(2)12(14(19)21-3)13(17-15(18)20)10-5-7-11(16)8-6-10/h5-8,13H,4,16H2,1-3H3,(H,17,20)/t13-/m1/s1. The first-order valence-electron chi connectivity index (χ1n) is 6.72. The first-order valence-corrected chi connectivity index (χ1v) is 6.72. The quantitative estimate of drug-likeness (QED) is 0.656. The average Bonchev–Trinajstić information content (AvgIpc) is 2.47. The number of amides is 2. The highest BCUT2D eigenvalue weighted by molar-refractivity contribution is 5.95. The molecule has 3 N–H and O–H groups in total. The minimum atomic E-state index is -0.534. The molecule has 0 aromatic heterocycles. The highest BCUT2D eigenvalue weighted by Gasteiger charge is 2.35. The highest BCUT2D eigenvalue weighted by atomic mass is 16.5. The maximum absolute atomic E-state index is 12.1. The van der Waals surface area contributed by atoms with Gasteiger partial charge >= 0.3 is 12.0 Å². The number of nitrogen functional groups attached to an aromatic ring is 1. The van der Waals surface area contributed by atoms with Gasteiger partial charge < -0.3 is 15.8 Å². The third-order valence-corrected chi connectivity index (χ3v) is 3.59. The lowest BCUT2D eigenvalue weighted by molar-refractivity contribution is -0.136. The van der Waals surface area contributed by atoms with Gasteiger partial charge in [0.1, 0.15) is 0 Å². The topological polar surface area (TPSA) is 84.7 Å². The van der Waals surface area contributed by atoms with Crippen molar-refractivity contribution in [1.29, 1.82) is 0 Å². The van der Waals surface area contributed by atoms with Gasteiger partial charge in [-0.25, -0.2) is 9.59 Å². The van der Waals surface area contributed by atoms with E-state index in [9.17, 15) is 9.59 Å². The minimum Gasteiger partial charge on any atom is -0.466 e. The van der Waals surface area contributed by atoms with Gasteiger partial charge in [-0.05, 0) is 31.5 Å². The van der Waals surface area contributed by atoms with Gasteiger partial charge in [0.25, 0.3) is 0 Å². The SMILES string of the molecule is CCN1C(=O)N[C@H](c2ccc(N)cc2)C(C(=O)OC)=C1C. The van der Waals surface area contributed by atoms with Crippen LogP contribution < -0.4 is 11.1 Å². The van der Waals surface area contributed by atoms with Crippen LogP contribution in [0.5, 0.6) is 0 Å². The number of hydrogen-bond donors (Lipinski definition) is 2. The predicted octanol–water partition coefficient (Wildman–Crippen LogP) is 1.80. The fourth-order valence-electron chi connectivity index (χ4n) is 2.47. The molecule has 0 saturated carbocycles. The summed E-state index contributed by atoms with van der Waals surface area (Å²) in [6.07, 6.45) is 0. The van der Waals surface area contributed by atoms with Gasteiger partial charge in [-0.15, -0.1) is 0 Å². The lowest BCUT2D eigenvalue weighted by Gasteiger charge is -2.34. The van der Waals surface area contributed by atoms with Crippen molar-refractivity contribution in [2.45, 2.75) is 19.9 Å². The van der Waals surface area contributed by atoms with Crippen molar-refractivity contribution < 1.29 is 14.3 Å². The second-order valence-corrected chi connectivity index (χ2v) is 4.78. The number of ether oxygens (including phenoxy) is 1. The Balaban J connectivity index is 2.52. The Morgan fingerprint density at radius 1 is 1.38 bits per heavy atom. The Labute approximate surface area is 123 Å². The third kappa shape index (κ3) is 2.69. The van der Waals surface area contributed by atoms with Gasteiger partial charge in [-0.1, -0.05) is 12.1 Å². The normalized spacial score (nSPS) is 18.5. The molecule has 1 heterocycles. The molecule has 0 unspecified atom stereocenters. The van der Waals surface area contributed by atoms with Crippen LogP contribution in [-0.4, -0.2) is 30.6 Å². The number of nitrogens with two attached hydrogens (primary N) is 1. The molecule has 2 rings (SSSR count).